The molecule has 1 aromatic carbocycles. The van der Waals surface area contributed by atoms with Gasteiger partial charge < -0.3 is 15.2 Å². The average Bonchev–Trinajstić information content (AvgIpc) is 2.43. The molecule has 0 saturated heterocycles. The Labute approximate surface area is 116 Å². The van der Waals surface area contributed by atoms with Crippen molar-refractivity contribution in [2.24, 2.45) is 0 Å². The summed E-state index contributed by atoms with van der Waals surface area (Å²) in [5.41, 5.74) is -0.785. The van der Waals surface area contributed by atoms with Crippen molar-refractivity contribution in [1.82, 2.24) is 0 Å². The molecule has 7 heteroatoms. The lowest BCUT2D eigenvalue weighted by Gasteiger charge is -2.29. The topological polar surface area (TPSA) is 102 Å². The lowest BCUT2D eigenvalue weighted by Crippen LogP contribution is -2.45. The summed E-state index contributed by atoms with van der Waals surface area (Å²) >= 11 is 0. The highest BCUT2D eigenvalue weighted by atomic mass is 16.6. The first-order valence-corrected chi connectivity index (χ1v) is 6.24. The van der Waals surface area contributed by atoms with E-state index in [-0.39, 0.29) is 11.4 Å². The van der Waals surface area contributed by atoms with Crippen molar-refractivity contribution in [3.05, 3.63) is 28.3 Å². The number of hydrogen-bond donors (Lipinski definition) is 2. The number of carboxylic acid groups (broad SMARTS) is 1. The van der Waals surface area contributed by atoms with Crippen LogP contribution < -0.4 is 10.1 Å². The van der Waals surface area contributed by atoms with Crippen LogP contribution in [-0.4, -0.2) is 28.6 Å². The molecular weight excluding hydrogens is 264 g/mol. The van der Waals surface area contributed by atoms with Crippen molar-refractivity contribution in [2.45, 2.75) is 32.2 Å². The Morgan fingerprint density at radius 2 is 2.05 bits per heavy atom. The number of nitrogens with zero attached hydrogens (tertiary/aromatic N) is 1. The number of nitro benzene ring substituents is 1. The fraction of sp³-hybridized carbons (Fsp3) is 0.462. The van der Waals surface area contributed by atoms with E-state index >= 15 is 0 Å². The van der Waals surface area contributed by atoms with Crippen LogP contribution in [0.1, 0.15) is 26.7 Å². The third-order valence-electron chi connectivity index (χ3n) is 3.38. The van der Waals surface area contributed by atoms with Crippen LogP contribution in [0.15, 0.2) is 18.2 Å². The molecule has 2 N–H and O–H groups in total. The number of aliphatic carboxylic acids is 1. The van der Waals surface area contributed by atoms with E-state index in [1.807, 2.05) is 0 Å². The highest BCUT2D eigenvalue weighted by Crippen LogP contribution is 2.32. The molecule has 0 aromatic heterocycles. The highest BCUT2D eigenvalue weighted by molar-refractivity contribution is 5.83. The Hall–Kier alpha value is -2.31. The summed E-state index contributed by atoms with van der Waals surface area (Å²) in [5, 5.41) is 23.1. The van der Waals surface area contributed by atoms with Gasteiger partial charge in [-0.25, -0.2) is 4.79 Å². The number of nitrogens with one attached hydrogen (secondary N) is 1. The van der Waals surface area contributed by atoms with Crippen molar-refractivity contribution < 1.29 is 19.6 Å². The van der Waals surface area contributed by atoms with Gasteiger partial charge in [-0.1, -0.05) is 13.8 Å². The second-order valence-corrected chi connectivity index (χ2v) is 4.36. The molecule has 0 saturated carbocycles. The smallest absolute Gasteiger partial charge is 0.329 e. The molecule has 0 unspecified atom stereocenters. The second-order valence-electron chi connectivity index (χ2n) is 4.36. The minimum absolute atomic E-state index is 0.0893. The van der Waals surface area contributed by atoms with Crippen LogP contribution >= 0.6 is 0 Å². The highest BCUT2D eigenvalue weighted by Gasteiger charge is 2.35. The van der Waals surface area contributed by atoms with Gasteiger partial charge in [-0.2, -0.15) is 0 Å². The standard InChI is InChI=1S/C13H18N2O5/c1-4-13(5-2,12(16)17)14-9-6-7-10(15(18)19)11(8-9)20-3/h6-8,14H,4-5H2,1-3H3,(H,16,17). The average molecular weight is 282 g/mol. The Balaban J connectivity index is 3.15. The molecule has 20 heavy (non-hydrogen) atoms. The van der Waals surface area contributed by atoms with E-state index in [0.717, 1.165) is 0 Å². The minimum atomic E-state index is -1.10. The fourth-order valence-electron chi connectivity index (χ4n) is 1.97. The summed E-state index contributed by atoms with van der Waals surface area (Å²) in [6.07, 6.45) is 0.774. The summed E-state index contributed by atoms with van der Waals surface area (Å²) in [6.45, 7) is 3.54. The van der Waals surface area contributed by atoms with E-state index in [9.17, 15) is 20.0 Å². The maximum atomic E-state index is 11.4. The zero-order valence-corrected chi connectivity index (χ0v) is 11.7. The van der Waals surface area contributed by atoms with Crippen molar-refractivity contribution in [2.75, 3.05) is 12.4 Å². The number of carboxylic acids is 1. The molecule has 0 aliphatic heterocycles. The van der Waals surface area contributed by atoms with Gasteiger partial charge in [0.05, 0.1) is 12.0 Å². The van der Waals surface area contributed by atoms with Gasteiger partial charge in [-0.05, 0) is 18.9 Å². The van der Waals surface area contributed by atoms with Crippen molar-refractivity contribution in [1.29, 1.82) is 0 Å². The molecule has 0 aliphatic carbocycles. The lowest BCUT2D eigenvalue weighted by molar-refractivity contribution is -0.385. The zero-order chi connectivity index (χ0) is 15.3. The van der Waals surface area contributed by atoms with Gasteiger partial charge in [-0.3, -0.25) is 10.1 Å². The molecule has 0 radical (unpaired) electrons. The van der Waals surface area contributed by atoms with E-state index in [1.54, 1.807) is 13.8 Å². The third-order valence-corrected chi connectivity index (χ3v) is 3.38. The molecule has 0 atom stereocenters. The monoisotopic (exact) mass is 282 g/mol. The molecule has 0 fully saturated rings. The van der Waals surface area contributed by atoms with Crippen LogP contribution in [0.3, 0.4) is 0 Å². The Bertz CT molecular complexity index is 511. The molecule has 1 aromatic rings. The van der Waals surface area contributed by atoms with E-state index in [4.69, 9.17) is 4.74 Å². The summed E-state index contributed by atoms with van der Waals surface area (Å²) in [6, 6.07) is 4.20. The van der Waals surface area contributed by atoms with Crippen LogP contribution in [-0.2, 0) is 4.79 Å². The van der Waals surface area contributed by atoms with Gasteiger partial charge in [-0.15, -0.1) is 0 Å². The molecule has 7 nitrogen and oxygen atoms in total. The maximum Gasteiger partial charge on any atom is 0.329 e. The lowest BCUT2D eigenvalue weighted by atomic mass is 9.92. The SMILES string of the molecule is CCC(CC)(Nc1ccc([N+](=O)[O-])c(OC)c1)C(=O)O. The Morgan fingerprint density at radius 1 is 1.45 bits per heavy atom. The zero-order valence-electron chi connectivity index (χ0n) is 11.7. The van der Waals surface area contributed by atoms with Crippen molar-refractivity contribution >= 4 is 17.3 Å². The van der Waals surface area contributed by atoms with E-state index in [0.29, 0.717) is 18.5 Å². The molecule has 0 heterocycles. The van der Waals surface area contributed by atoms with Crippen molar-refractivity contribution in [3.63, 3.8) is 0 Å². The number of nitro groups is 1. The first-order chi connectivity index (χ1) is 9.40. The number of carbonyl (C=O) groups is 1. The van der Waals surface area contributed by atoms with Gasteiger partial charge >= 0.3 is 11.7 Å². The number of rotatable bonds is 7. The molecule has 0 spiro atoms. The van der Waals surface area contributed by atoms with Crippen LogP contribution in [0, 0.1) is 10.1 Å². The van der Waals surface area contributed by atoms with Crippen LogP contribution in [0.2, 0.25) is 0 Å². The minimum Gasteiger partial charge on any atom is -0.490 e. The second kappa shape index (κ2) is 6.23. The Morgan fingerprint density at radius 3 is 2.45 bits per heavy atom. The van der Waals surface area contributed by atoms with Gasteiger partial charge in [0.25, 0.3) is 0 Å². The predicted molar refractivity (Wildman–Crippen MR) is 74.2 cm³/mol. The van der Waals surface area contributed by atoms with Gasteiger partial charge in [0.1, 0.15) is 5.54 Å². The van der Waals surface area contributed by atoms with Gasteiger partial charge in [0, 0.05) is 17.8 Å². The summed E-state index contributed by atoms with van der Waals surface area (Å²) < 4.78 is 4.96. The summed E-state index contributed by atoms with van der Waals surface area (Å²) in [4.78, 5) is 21.7. The van der Waals surface area contributed by atoms with Gasteiger partial charge in [0.2, 0.25) is 0 Å². The fourth-order valence-corrected chi connectivity index (χ4v) is 1.97. The number of hydrogen-bond acceptors (Lipinski definition) is 5. The normalized spacial score (nSPS) is 10.9. The van der Waals surface area contributed by atoms with E-state index in [1.165, 1.54) is 25.3 Å². The summed E-state index contributed by atoms with van der Waals surface area (Å²) in [5.74, 6) is -0.869. The van der Waals surface area contributed by atoms with Crippen molar-refractivity contribution in [3.8, 4) is 5.75 Å². The molecular formula is C13H18N2O5. The first kappa shape index (κ1) is 15.7. The van der Waals surface area contributed by atoms with E-state index in [2.05, 4.69) is 5.32 Å². The quantitative estimate of drug-likeness (QED) is 0.589. The van der Waals surface area contributed by atoms with Crippen LogP contribution in [0.25, 0.3) is 0 Å². The predicted octanol–water partition coefficient (Wildman–Crippen LogP) is 2.66. The first-order valence-electron chi connectivity index (χ1n) is 6.24. The largest absolute Gasteiger partial charge is 0.490 e. The number of anilines is 1. The molecule has 1 rings (SSSR count). The van der Waals surface area contributed by atoms with E-state index < -0.39 is 16.4 Å². The molecule has 0 amide bonds. The molecule has 0 bridgehead atoms. The third kappa shape index (κ3) is 2.98. The van der Waals surface area contributed by atoms with Crippen LogP contribution in [0.4, 0.5) is 11.4 Å². The Kier molecular flexibility index (Phi) is 4.90. The number of methoxy groups -OCH3 is 1. The number of ether oxygens (including phenoxy) is 1. The molecule has 110 valence electrons. The molecule has 0 aliphatic rings. The van der Waals surface area contributed by atoms with Crippen LogP contribution in [0.5, 0.6) is 5.75 Å². The maximum absolute atomic E-state index is 11.4. The summed E-state index contributed by atoms with van der Waals surface area (Å²) in [7, 11) is 1.33. The van der Waals surface area contributed by atoms with Gasteiger partial charge in [0.15, 0.2) is 5.75 Å². The number of benzene rings is 1.